The molecule has 1 aromatic heterocycles. The number of pyridine rings is 1. The Balaban J connectivity index is 1.75. The second-order valence-corrected chi connectivity index (χ2v) is 7.94. The Morgan fingerprint density at radius 1 is 1.44 bits per heavy atom. The Labute approximate surface area is 194 Å². The van der Waals surface area contributed by atoms with Gasteiger partial charge in [-0.15, -0.1) is 0 Å². The number of benzene rings is 1. The molecule has 6 nitrogen and oxygen atoms in total. The molecular weight excluding hydrogens is 426 g/mol. The van der Waals surface area contributed by atoms with Crippen molar-refractivity contribution in [1.82, 2.24) is 9.88 Å². The number of carbonyl (C=O) groups is 1. The molecule has 1 amide bonds. The minimum Gasteiger partial charge on any atom is -0.471 e. The fraction of sp³-hybridized carbons (Fsp3) is 0.280. The fourth-order valence-corrected chi connectivity index (χ4v) is 3.79. The van der Waals surface area contributed by atoms with Crippen LogP contribution in [0.4, 0.5) is 5.69 Å². The lowest BCUT2D eigenvalue weighted by molar-refractivity contribution is 0.0841. The molecule has 1 aliphatic heterocycles. The number of halogens is 1. The third kappa shape index (κ3) is 5.58. The van der Waals surface area contributed by atoms with E-state index in [0.29, 0.717) is 35.1 Å². The Kier molecular flexibility index (Phi) is 8.09. The molecular formula is C25H28ClN3O3. The number of carbonyl (C=O) groups excluding carboxylic acids is 1. The molecule has 0 spiro atoms. The number of ether oxygens (including phenoxy) is 1. The van der Waals surface area contributed by atoms with Crippen LogP contribution in [0.1, 0.15) is 22.3 Å². The number of nitrogens with zero attached hydrogens (tertiary/aromatic N) is 3. The Morgan fingerprint density at radius 3 is 2.97 bits per heavy atom. The normalized spacial score (nSPS) is 15.7. The van der Waals surface area contributed by atoms with E-state index in [1.54, 1.807) is 43.6 Å². The number of aliphatic hydroxyl groups excluding tert-OH is 1. The lowest BCUT2D eigenvalue weighted by Gasteiger charge is -2.24. The SMILES string of the molecule is C=C/C=C\C(=C)N(C)C(=O)c1ccc(N2CC[C@H](Oc3ncccc3Cl)C2)c(CCO)c1. The second kappa shape index (κ2) is 11.0. The predicted octanol–water partition coefficient (Wildman–Crippen LogP) is 4.26. The zero-order valence-corrected chi connectivity index (χ0v) is 19.0. The zero-order valence-electron chi connectivity index (χ0n) is 18.2. The van der Waals surface area contributed by atoms with Gasteiger partial charge in [-0.1, -0.05) is 36.9 Å². The van der Waals surface area contributed by atoms with Crippen LogP contribution in [-0.2, 0) is 6.42 Å². The molecule has 1 saturated heterocycles. The molecule has 1 aromatic carbocycles. The van der Waals surface area contributed by atoms with E-state index in [4.69, 9.17) is 16.3 Å². The standard InChI is InChI=1S/C25H28ClN3O3/c1-4-5-7-18(2)28(3)25(31)20-9-10-23(19(16-20)12-15-30)29-14-11-21(17-29)32-24-22(26)8-6-13-27-24/h4-10,13,16,21,30H,1-2,11-12,14-15,17H2,3H3/b7-5-/t21-/m0/s1. The van der Waals surface area contributed by atoms with Gasteiger partial charge in [0, 0.05) is 49.8 Å². The van der Waals surface area contributed by atoms with Gasteiger partial charge in [-0.25, -0.2) is 4.98 Å². The quantitative estimate of drug-likeness (QED) is 0.575. The van der Waals surface area contributed by atoms with Crippen molar-refractivity contribution in [1.29, 1.82) is 0 Å². The van der Waals surface area contributed by atoms with Gasteiger partial charge in [-0.05, 0) is 48.4 Å². The van der Waals surface area contributed by atoms with Gasteiger partial charge in [-0.2, -0.15) is 0 Å². The van der Waals surface area contributed by atoms with Gasteiger partial charge >= 0.3 is 0 Å². The minimum atomic E-state index is -0.165. The topological polar surface area (TPSA) is 65.9 Å². The second-order valence-electron chi connectivity index (χ2n) is 7.53. The van der Waals surface area contributed by atoms with Gasteiger partial charge in [0.2, 0.25) is 5.88 Å². The first-order valence-electron chi connectivity index (χ1n) is 10.5. The van der Waals surface area contributed by atoms with E-state index in [2.05, 4.69) is 23.0 Å². The third-order valence-electron chi connectivity index (χ3n) is 5.36. The van der Waals surface area contributed by atoms with Crippen molar-refractivity contribution in [2.24, 2.45) is 0 Å². The Hall–Kier alpha value is -3.09. The predicted molar refractivity (Wildman–Crippen MR) is 128 cm³/mol. The summed E-state index contributed by atoms with van der Waals surface area (Å²) in [4.78, 5) is 20.8. The smallest absolute Gasteiger partial charge is 0.257 e. The highest BCUT2D eigenvalue weighted by molar-refractivity contribution is 6.31. The highest BCUT2D eigenvalue weighted by atomic mass is 35.5. The summed E-state index contributed by atoms with van der Waals surface area (Å²) in [5, 5.41) is 10.1. The van der Waals surface area contributed by atoms with E-state index in [-0.39, 0.29) is 18.6 Å². The van der Waals surface area contributed by atoms with E-state index in [9.17, 15) is 9.90 Å². The van der Waals surface area contributed by atoms with Crippen molar-refractivity contribution in [3.8, 4) is 5.88 Å². The molecule has 168 valence electrons. The summed E-state index contributed by atoms with van der Waals surface area (Å²) in [6.45, 7) is 9.01. The Bertz CT molecular complexity index is 1020. The summed E-state index contributed by atoms with van der Waals surface area (Å²) >= 11 is 6.17. The average Bonchev–Trinajstić information content (AvgIpc) is 3.26. The van der Waals surface area contributed by atoms with Crippen molar-refractivity contribution in [2.45, 2.75) is 18.9 Å². The first-order chi connectivity index (χ1) is 15.4. The fourth-order valence-electron chi connectivity index (χ4n) is 3.62. The van der Waals surface area contributed by atoms with Crippen molar-refractivity contribution < 1.29 is 14.6 Å². The number of rotatable bonds is 9. The minimum absolute atomic E-state index is 0.00737. The van der Waals surface area contributed by atoms with Crippen LogP contribution in [0.15, 0.2) is 73.6 Å². The molecule has 1 atom stereocenters. The maximum Gasteiger partial charge on any atom is 0.257 e. The molecule has 1 fully saturated rings. The molecule has 1 N–H and O–H groups in total. The van der Waals surface area contributed by atoms with Crippen LogP contribution in [0.5, 0.6) is 5.88 Å². The Morgan fingerprint density at radius 2 is 2.25 bits per heavy atom. The number of hydrogen-bond acceptors (Lipinski definition) is 5. The van der Waals surface area contributed by atoms with Gasteiger partial charge in [0.15, 0.2) is 0 Å². The number of aromatic nitrogens is 1. The van der Waals surface area contributed by atoms with Crippen LogP contribution in [0.3, 0.4) is 0 Å². The van der Waals surface area contributed by atoms with Crippen molar-refractivity contribution in [3.63, 3.8) is 0 Å². The monoisotopic (exact) mass is 453 g/mol. The molecule has 0 unspecified atom stereocenters. The van der Waals surface area contributed by atoms with Crippen LogP contribution in [0.2, 0.25) is 5.02 Å². The molecule has 0 saturated carbocycles. The van der Waals surface area contributed by atoms with Gasteiger partial charge in [0.05, 0.1) is 6.54 Å². The van der Waals surface area contributed by atoms with E-state index >= 15 is 0 Å². The van der Waals surface area contributed by atoms with Crippen LogP contribution in [0, 0.1) is 0 Å². The summed E-state index contributed by atoms with van der Waals surface area (Å²) < 4.78 is 5.99. The van der Waals surface area contributed by atoms with Gasteiger partial charge < -0.3 is 19.6 Å². The average molecular weight is 454 g/mol. The molecule has 7 heteroatoms. The van der Waals surface area contributed by atoms with Crippen LogP contribution < -0.4 is 9.64 Å². The van der Waals surface area contributed by atoms with E-state index in [1.807, 2.05) is 18.2 Å². The third-order valence-corrected chi connectivity index (χ3v) is 5.64. The van der Waals surface area contributed by atoms with E-state index in [0.717, 1.165) is 24.2 Å². The van der Waals surface area contributed by atoms with Gasteiger partial charge in [0.1, 0.15) is 11.1 Å². The van der Waals surface area contributed by atoms with E-state index in [1.165, 1.54) is 4.90 Å². The zero-order chi connectivity index (χ0) is 23.1. The van der Waals surface area contributed by atoms with Crippen molar-refractivity contribution in [2.75, 3.05) is 31.6 Å². The molecule has 0 aliphatic carbocycles. The largest absolute Gasteiger partial charge is 0.471 e. The summed E-state index contributed by atoms with van der Waals surface area (Å²) in [5.41, 5.74) is 3.01. The lowest BCUT2D eigenvalue weighted by atomic mass is 10.0. The van der Waals surface area contributed by atoms with Gasteiger partial charge in [0.25, 0.3) is 5.91 Å². The number of likely N-dealkylation sites (N-methyl/N-ethyl adjacent to an activating group) is 1. The number of anilines is 1. The summed E-state index contributed by atoms with van der Waals surface area (Å²) in [6.07, 6.45) is 7.98. The lowest BCUT2D eigenvalue weighted by Crippen LogP contribution is -2.27. The highest BCUT2D eigenvalue weighted by Crippen LogP contribution is 2.30. The van der Waals surface area contributed by atoms with Crippen LogP contribution in [-0.4, -0.2) is 53.7 Å². The molecule has 2 aromatic rings. The molecule has 3 rings (SSSR count). The van der Waals surface area contributed by atoms with Gasteiger partial charge in [-0.3, -0.25) is 4.79 Å². The maximum absolute atomic E-state index is 12.9. The molecule has 0 radical (unpaired) electrons. The number of allylic oxidation sites excluding steroid dienone is 3. The first kappa shape index (κ1) is 23.6. The highest BCUT2D eigenvalue weighted by Gasteiger charge is 2.27. The molecule has 1 aliphatic rings. The van der Waals surface area contributed by atoms with Crippen LogP contribution >= 0.6 is 11.6 Å². The summed E-state index contributed by atoms with van der Waals surface area (Å²) in [7, 11) is 1.68. The first-order valence-corrected chi connectivity index (χ1v) is 10.8. The summed E-state index contributed by atoms with van der Waals surface area (Å²) in [6, 6.07) is 9.11. The number of aliphatic hydroxyl groups is 1. The molecule has 32 heavy (non-hydrogen) atoms. The summed E-state index contributed by atoms with van der Waals surface area (Å²) in [5.74, 6) is 0.271. The molecule has 0 bridgehead atoms. The van der Waals surface area contributed by atoms with Crippen molar-refractivity contribution >= 4 is 23.2 Å². The van der Waals surface area contributed by atoms with Crippen LogP contribution in [0.25, 0.3) is 0 Å². The maximum atomic E-state index is 12.9. The number of amides is 1. The van der Waals surface area contributed by atoms with E-state index < -0.39 is 0 Å². The number of hydrogen-bond donors (Lipinski definition) is 1. The molecule has 2 heterocycles. The van der Waals surface area contributed by atoms with Crippen molar-refractivity contribution in [3.05, 3.63) is 89.8 Å².